The summed E-state index contributed by atoms with van der Waals surface area (Å²) in [6, 6.07) is 7.84. The van der Waals surface area contributed by atoms with Gasteiger partial charge in [-0.3, -0.25) is 4.79 Å². The van der Waals surface area contributed by atoms with Gasteiger partial charge < -0.3 is 19.9 Å². The molecule has 0 saturated carbocycles. The zero-order valence-corrected chi connectivity index (χ0v) is 16.9. The molecule has 0 bridgehead atoms. The van der Waals surface area contributed by atoms with Crippen LogP contribution < -0.4 is 10.2 Å². The highest BCUT2D eigenvalue weighted by Gasteiger charge is 2.25. The smallest absolute Gasteiger partial charge is 0.407 e. The van der Waals surface area contributed by atoms with Crippen molar-refractivity contribution in [2.75, 3.05) is 37.7 Å². The molecule has 0 aliphatic carbocycles. The largest absolute Gasteiger partial charge is 0.450 e. The molecule has 1 aromatic rings. The summed E-state index contributed by atoms with van der Waals surface area (Å²) < 4.78 is 4.94. The van der Waals surface area contributed by atoms with E-state index in [9.17, 15) is 9.59 Å². The van der Waals surface area contributed by atoms with Gasteiger partial charge in [-0.1, -0.05) is 13.3 Å². The van der Waals surface area contributed by atoms with Gasteiger partial charge in [-0.15, -0.1) is 0 Å². The Morgan fingerprint density at radius 2 is 1.96 bits per heavy atom. The van der Waals surface area contributed by atoms with E-state index in [-0.39, 0.29) is 11.9 Å². The highest BCUT2D eigenvalue weighted by atomic mass is 16.5. The molecule has 1 aliphatic rings. The fraction of sp³-hybridized carbons (Fsp3) is 0.619. The number of hydrogen-bond acceptors (Lipinski definition) is 4. The number of nitrogens with zero attached hydrogens (tertiary/aromatic N) is 2. The molecule has 2 amide bonds. The fourth-order valence-corrected chi connectivity index (χ4v) is 3.44. The third kappa shape index (κ3) is 6.15. The Bertz CT molecular complexity index is 603. The number of nitrogens with one attached hydrogen (secondary N) is 1. The second kappa shape index (κ2) is 10.8. The zero-order chi connectivity index (χ0) is 19.6. The van der Waals surface area contributed by atoms with Gasteiger partial charge in [-0.25, -0.2) is 4.79 Å². The van der Waals surface area contributed by atoms with Crippen molar-refractivity contribution < 1.29 is 14.3 Å². The SMILES string of the molecule is CCCCN(CC)c1ccc(C(=O)N2CCCC(NC(=O)OCC)C2)cc1. The molecule has 1 aromatic carbocycles. The number of amides is 2. The minimum absolute atomic E-state index is 0.0218. The molecule has 150 valence electrons. The second-order valence-corrected chi connectivity index (χ2v) is 6.94. The zero-order valence-electron chi connectivity index (χ0n) is 16.9. The summed E-state index contributed by atoms with van der Waals surface area (Å²) in [4.78, 5) is 28.6. The number of carbonyl (C=O) groups is 2. The van der Waals surface area contributed by atoms with Crippen molar-refractivity contribution in [3.8, 4) is 0 Å². The summed E-state index contributed by atoms with van der Waals surface area (Å²) in [5.41, 5.74) is 1.85. The highest BCUT2D eigenvalue weighted by Crippen LogP contribution is 2.19. The van der Waals surface area contributed by atoms with Crippen LogP contribution in [0.15, 0.2) is 24.3 Å². The lowest BCUT2D eigenvalue weighted by Gasteiger charge is -2.33. The van der Waals surface area contributed by atoms with Crippen LogP contribution in [0.1, 0.15) is 56.8 Å². The van der Waals surface area contributed by atoms with Crippen LogP contribution in [0.3, 0.4) is 0 Å². The first-order valence-corrected chi connectivity index (χ1v) is 10.2. The van der Waals surface area contributed by atoms with E-state index < -0.39 is 6.09 Å². The maximum Gasteiger partial charge on any atom is 0.407 e. The Labute approximate surface area is 162 Å². The molecule has 1 fully saturated rings. The molecule has 2 rings (SSSR count). The number of hydrogen-bond donors (Lipinski definition) is 1. The van der Waals surface area contributed by atoms with Gasteiger partial charge in [-0.2, -0.15) is 0 Å². The number of likely N-dealkylation sites (tertiary alicyclic amines) is 1. The predicted molar refractivity (Wildman–Crippen MR) is 108 cm³/mol. The van der Waals surface area contributed by atoms with Crippen LogP contribution in [0.4, 0.5) is 10.5 Å². The monoisotopic (exact) mass is 375 g/mol. The molecule has 0 spiro atoms. The molecular formula is C21H33N3O3. The molecule has 1 aliphatic heterocycles. The molecule has 1 N–H and O–H groups in total. The maximum absolute atomic E-state index is 12.8. The lowest BCUT2D eigenvalue weighted by atomic mass is 10.0. The number of unbranched alkanes of at least 4 members (excludes halogenated alkanes) is 1. The average Bonchev–Trinajstić information content (AvgIpc) is 2.69. The van der Waals surface area contributed by atoms with Crippen molar-refractivity contribution in [1.29, 1.82) is 0 Å². The summed E-state index contributed by atoms with van der Waals surface area (Å²) in [6.45, 7) is 9.71. The Morgan fingerprint density at radius 3 is 2.59 bits per heavy atom. The van der Waals surface area contributed by atoms with Crippen molar-refractivity contribution in [3.63, 3.8) is 0 Å². The Morgan fingerprint density at radius 1 is 1.22 bits per heavy atom. The minimum Gasteiger partial charge on any atom is -0.450 e. The quantitative estimate of drug-likeness (QED) is 0.753. The van der Waals surface area contributed by atoms with Gasteiger partial charge >= 0.3 is 6.09 Å². The molecule has 1 atom stereocenters. The van der Waals surface area contributed by atoms with E-state index >= 15 is 0 Å². The van der Waals surface area contributed by atoms with Crippen LogP contribution in [0.25, 0.3) is 0 Å². The fourth-order valence-electron chi connectivity index (χ4n) is 3.44. The lowest BCUT2D eigenvalue weighted by molar-refractivity contribution is 0.0686. The molecule has 1 saturated heterocycles. The van der Waals surface area contributed by atoms with Gasteiger partial charge in [0.05, 0.1) is 6.61 Å². The van der Waals surface area contributed by atoms with Crippen molar-refractivity contribution in [3.05, 3.63) is 29.8 Å². The number of rotatable bonds is 8. The van der Waals surface area contributed by atoms with Crippen molar-refractivity contribution in [2.24, 2.45) is 0 Å². The molecule has 6 nitrogen and oxygen atoms in total. The highest BCUT2D eigenvalue weighted by molar-refractivity contribution is 5.94. The summed E-state index contributed by atoms with van der Waals surface area (Å²) in [7, 11) is 0. The molecule has 0 aromatic heterocycles. The Kier molecular flexibility index (Phi) is 8.43. The van der Waals surface area contributed by atoms with Gasteiger partial charge in [-0.05, 0) is 57.4 Å². The van der Waals surface area contributed by atoms with E-state index in [0.717, 1.165) is 44.6 Å². The third-order valence-electron chi connectivity index (χ3n) is 4.95. The second-order valence-electron chi connectivity index (χ2n) is 6.94. The van der Waals surface area contributed by atoms with Crippen molar-refractivity contribution in [2.45, 2.75) is 52.5 Å². The summed E-state index contributed by atoms with van der Waals surface area (Å²) in [5.74, 6) is 0.0218. The summed E-state index contributed by atoms with van der Waals surface area (Å²) in [5, 5.41) is 2.85. The molecular weight excluding hydrogens is 342 g/mol. The lowest BCUT2D eigenvalue weighted by Crippen LogP contribution is -2.49. The van der Waals surface area contributed by atoms with Crippen LogP contribution in [0, 0.1) is 0 Å². The Hall–Kier alpha value is -2.24. The van der Waals surface area contributed by atoms with Gasteiger partial charge in [0.25, 0.3) is 5.91 Å². The van der Waals surface area contributed by atoms with E-state index in [1.807, 2.05) is 29.2 Å². The normalized spacial score (nSPS) is 16.7. The van der Waals surface area contributed by atoms with Gasteiger partial charge in [0.1, 0.15) is 0 Å². The van der Waals surface area contributed by atoms with Crippen LogP contribution in [-0.4, -0.2) is 55.7 Å². The number of carbonyl (C=O) groups excluding carboxylic acids is 2. The van der Waals surface area contributed by atoms with Crippen LogP contribution in [0.2, 0.25) is 0 Å². The number of piperidine rings is 1. The topological polar surface area (TPSA) is 61.9 Å². The maximum atomic E-state index is 12.8. The Balaban J connectivity index is 1.97. The van der Waals surface area contributed by atoms with E-state index in [4.69, 9.17) is 4.74 Å². The first kappa shape index (κ1) is 21.1. The standard InChI is InChI=1S/C21H33N3O3/c1-4-7-14-23(5-2)19-12-10-17(11-13-19)20(25)24-15-8-9-18(16-24)22-21(26)27-6-3/h10-13,18H,4-9,14-16H2,1-3H3,(H,22,26). The van der Waals surface area contributed by atoms with Crippen molar-refractivity contribution in [1.82, 2.24) is 10.2 Å². The van der Waals surface area contributed by atoms with Gasteiger partial charge in [0, 0.05) is 43.5 Å². The minimum atomic E-state index is -0.409. The van der Waals surface area contributed by atoms with Crippen LogP contribution >= 0.6 is 0 Å². The van der Waals surface area contributed by atoms with Crippen molar-refractivity contribution >= 4 is 17.7 Å². The third-order valence-corrected chi connectivity index (χ3v) is 4.95. The number of anilines is 1. The summed E-state index contributed by atoms with van der Waals surface area (Å²) >= 11 is 0. The predicted octanol–water partition coefficient (Wildman–Crippen LogP) is 3.66. The molecule has 0 radical (unpaired) electrons. The number of ether oxygens (including phenoxy) is 1. The summed E-state index contributed by atoms with van der Waals surface area (Å²) in [6.07, 6.45) is 3.67. The van der Waals surface area contributed by atoms with Gasteiger partial charge in [0.2, 0.25) is 0 Å². The molecule has 6 heteroatoms. The van der Waals surface area contributed by atoms with E-state index in [0.29, 0.717) is 18.7 Å². The van der Waals surface area contributed by atoms with E-state index in [1.54, 1.807) is 6.92 Å². The van der Waals surface area contributed by atoms with Crippen LogP contribution in [0.5, 0.6) is 0 Å². The first-order chi connectivity index (χ1) is 13.1. The molecule has 1 heterocycles. The van der Waals surface area contributed by atoms with Gasteiger partial charge in [0.15, 0.2) is 0 Å². The van der Waals surface area contributed by atoms with E-state index in [2.05, 4.69) is 24.1 Å². The number of alkyl carbamates (subject to hydrolysis) is 1. The average molecular weight is 376 g/mol. The molecule has 27 heavy (non-hydrogen) atoms. The van der Waals surface area contributed by atoms with Crippen LogP contribution in [-0.2, 0) is 4.74 Å². The molecule has 1 unspecified atom stereocenters. The van der Waals surface area contributed by atoms with E-state index in [1.165, 1.54) is 6.42 Å². The first-order valence-electron chi connectivity index (χ1n) is 10.2. The number of benzene rings is 1.